The second kappa shape index (κ2) is 11.6. The first-order valence-electron chi connectivity index (χ1n) is 11.8. The first-order valence-corrected chi connectivity index (χ1v) is 11.8. The number of aromatic nitrogens is 4. The van der Waals surface area contributed by atoms with E-state index in [0.29, 0.717) is 35.6 Å². The summed E-state index contributed by atoms with van der Waals surface area (Å²) in [7, 11) is 3.17. The van der Waals surface area contributed by atoms with Crippen molar-refractivity contribution in [2.75, 3.05) is 44.1 Å². The Bertz CT molecular complexity index is 1220. The molecule has 2 atom stereocenters. The van der Waals surface area contributed by atoms with Gasteiger partial charge in [0.15, 0.2) is 0 Å². The average Bonchev–Trinajstić information content (AvgIpc) is 3.36. The van der Waals surface area contributed by atoms with E-state index in [1.807, 2.05) is 12.1 Å². The van der Waals surface area contributed by atoms with Gasteiger partial charge in [0.1, 0.15) is 35.4 Å². The topological polar surface area (TPSA) is 142 Å². The number of nitriles is 1. The molecule has 12 nitrogen and oxygen atoms in total. The molecule has 194 valence electrons. The summed E-state index contributed by atoms with van der Waals surface area (Å²) >= 11 is 0. The molecular weight excluding hydrogens is 476 g/mol. The molecular formula is C25H30N8O4. The summed E-state index contributed by atoms with van der Waals surface area (Å²) in [6.07, 6.45) is 3.05. The van der Waals surface area contributed by atoms with Crippen molar-refractivity contribution in [3.05, 3.63) is 47.9 Å². The summed E-state index contributed by atoms with van der Waals surface area (Å²) in [5, 5.41) is 18.6. The molecule has 37 heavy (non-hydrogen) atoms. The molecule has 1 fully saturated rings. The molecule has 1 aromatic carbocycles. The van der Waals surface area contributed by atoms with Crippen LogP contribution >= 0.6 is 0 Å². The van der Waals surface area contributed by atoms with Crippen LogP contribution in [0, 0.1) is 11.3 Å². The number of hydrogen-bond donors (Lipinski definition) is 2. The first-order chi connectivity index (χ1) is 17.9. The number of carbonyl (C=O) groups is 1. The number of benzene rings is 1. The molecule has 0 unspecified atom stereocenters. The Kier molecular flexibility index (Phi) is 8.05. The Balaban J connectivity index is 1.33. The average molecular weight is 507 g/mol. The van der Waals surface area contributed by atoms with Gasteiger partial charge < -0.3 is 24.4 Å². The number of amides is 1. The van der Waals surface area contributed by atoms with Crippen molar-refractivity contribution >= 4 is 17.5 Å². The minimum absolute atomic E-state index is 0.175. The largest absolute Gasteiger partial charge is 0.497 e. The highest BCUT2D eigenvalue weighted by Crippen LogP contribution is 2.24. The van der Waals surface area contributed by atoms with Crippen LogP contribution in [-0.2, 0) is 6.61 Å². The maximum Gasteiger partial charge on any atom is 0.277 e. The third-order valence-corrected chi connectivity index (χ3v) is 6.15. The van der Waals surface area contributed by atoms with Gasteiger partial charge in [-0.2, -0.15) is 5.26 Å². The number of methoxy groups -OCH3 is 2. The number of hydrogen-bond acceptors (Lipinski definition) is 10. The van der Waals surface area contributed by atoms with Crippen molar-refractivity contribution in [1.29, 1.82) is 5.26 Å². The third-order valence-electron chi connectivity index (χ3n) is 6.15. The van der Waals surface area contributed by atoms with E-state index < -0.39 is 5.91 Å². The second-order valence-corrected chi connectivity index (χ2v) is 8.78. The van der Waals surface area contributed by atoms with Crippen molar-refractivity contribution in [3.8, 4) is 23.4 Å². The SMILES string of the molecule is COc1cc(COc2cc(NC(=O)c3cnc(N4C[C@@H](C)N(CC#N)[C@@H](C)C4)cn3)[nH]n2)cc(OC)c1. The van der Waals surface area contributed by atoms with Gasteiger partial charge in [-0.05, 0) is 31.5 Å². The van der Waals surface area contributed by atoms with E-state index in [0.717, 1.165) is 18.7 Å². The van der Waals surface area contributed by atoms with Crippen molar-refractivity contribution in [2.24, 2.45) is 0 Å². The van der Waals surface area contributed by atoms with Crippen LogP contribution in [0.1, 0.15) is 29.9 Å². The molecule has 2 N–H and O–H groups in total. The highest BCUT2D eigenvalue weighted by Gasteiger charge is 2.30. The third kappa shape index (κ3) is 6.25. The zero-order valence-electron chi connectivity index (χ0n) is 21.3. The van der Waals surface area contributed by atoms with Gasteiger partial charge >= 0.3 is 0 Å². The molecule has 0 spiro atoms. The van der Waals surface area contributed by atoms with Gasteiger partial charge in [0.25, 0.3) is 5.91 Å². The molecule has 0 aliphatic carbocycles. The number of nitrogens with zero attached hydrogens (tertiary/aromatic N) is 6. The summed E-state index contributed by atoms with van der Waals surface area (Å²) < 4.78 is 16.3. The zero-order chi connectivity index (χ0) is 26.4. The van der Waals surface area contributed by atoms with E-state index >= 15 is 0 Å². The van der Waals surface area contributed by atoms with E-state index in [-0.39, 0.29) is 24.4 Å². The van der Waals surface area contributed by atoms with E-state index in [1.165, 1.54) is 6.20 Å². The van der Waals surface area contributed by atoms with E-state index in [4.69, 9.17) is 19.5 Å². The van der Waals surface area contributed by atoms with Crippen LogP contribution in [-0.4, -0.2) is 76.9 Å². The van der Waals surface area contributed by atoms with Gasteiger partial charge in [-0.1, -0.05) is 0 Å². The minimum atomic E-state index is -0.424. The molecule has 1 saturated heterocycles. The number of rotatable bonds is 9. The normalized spacial score (nSPS) is 17.6. The van der Waals surface area contributed by atoms with Crippen molar-refractivity contribution in [3.63, 3.8) is 0 Å². The molecule has 1 amide bonds. The summed E-state index contributed by atoms with van der Waals surface area (Å²) in [6, 6.07) is 9.68. The molecule has 3 heterocycles. The lowest BCUT2D eigenvalue weighted by Gasteiger charge is -2.43. The number of aromatic amines is 1. The van der Waals surface area contributed by atoms with Crippen LogP contribution < -0.4 is 24.4 Å². The van der Waals surface area contributed by atoms with Gasteiger partial charge in [-0.15, -0.1) is 5.10 Å². The molecule has 4 rings (SSSR count). The van der Waals surface area contributed by atoms with E-state index in [1.54, 1.807) is 32.5 Å². The molecule has 0 saturated carbocycles. The monoisotopic (exact) mass is 506 g/mol. The van der Waals surface area contributed by atoms with E-state index in [2.05, 4.69) is 55.2 Å². The van der Waals surface area contributed by atoms with Crippen LogP contribution in [0.15, 0.2) is 36.7 Å². The lowest BCUT2D eigenvalue weighted by molar-refractivity contribution is 0.102. The summed E-state index contributed by atoms with van der Waals surface area (Å²) in [5.41, 5.74) is 1.02. The van der Waals surface area contributed by atoms with E-state index in [9.17, 15) is 4.79 Å². The molecule has 0 radical (unpaired) electrons. The van der Waals surface area contributed by atoms with Crippen LogP contribution in [0.25, 0.3) is 0 Å². The molecule has 2 aromatic heterocycles. The summed E-state index contributed by atoms with van der Waals surface area (Å²) in [5.74, 6) is 2.27. The molecule has 1 aliphatic heterocycles. The second-order valence-electron chi connectivity index (χ2n) is 8.78. The predicted octanol–water partition coefficient (Wildman–Crippen LogP) is 2.47. The summed E-state index contributed by atoms with van der Waals surface area (Å²) in [6.45, 7) is 6.27. The predicted molar refractivity (Wildman–Crippen MR) is 136 cm³/mol. The Labute approximate surface area is 215 Å². The molecule has 1 aliphatic rings. The van der Waals surface area contributed by atoms with Crippen molar-refractivity contribution < 1.29 is 19.0 Å². The fourth-order valence-corrected chi connectivity index (χ4v) is 4.27. The van der Waals surface area contributed by atoms with Gasteiger partial charge in [-0.3, -0.25) is 14.8 Å². The van der Waals surface area contributed by atoms with Gasteiger partial charge in [0.05, 0.1) is 39.2 Å². The quantitative estimate of drug-likeness (QED) is 0.416. The molecule has 3 aromatic rings. The van der Waals surface area contributed by atoms with Gasteiger partial charge in [0.2, 0.25) is 5.88 Å². The highest BCUT2D eigenvalue weighted by molar-refractivity contribution is 6.02. The number of nitrogens with one attached hydrogen (secondary N) is 2. The maximum atomic E-state index is 12.7. The zero-order valence-corrected chi connectivity index (χ0v) is 21.3. The lowest BCUT2D eigenvalue weighted by atomic mass is 10.1. The van der Waals surface area contributed by atoms with Crippen LogP contribution in [0.4, 0.5) is 11.6 Å². The minimum Gasteiger partial charge on any atom is -0.497 e. The Morgan fingerprint density at radius 1 is 1.11 bits per heavy atom. The number of anilines is 2. The number of H-pyrrole nitrogens is 1. The first kappa shape index (κ1) is 25.7. The fourth-order valence-electron chi connectivity index (χ4n) is 4.27. The highest BCUT2D eigenvalue weighted by atomic mass is 16.5. The number of piperazine rings is 1. The molecule has 12 heteroatoms. The standard InChI is InChI=1S/C25H30N8O4/c1-16-13-32(14-17(2)33(16)6-5-26)23-12-27-21(11-28-23)25(34)29-22-10-24(31-30-22)37-15-18-7-19(35-3)9-20(8-18)36-4/h7-12,16-17H,6,13-15H2,1-4H3,(H2,29,30,31,34)/t16-,17+. The number of ether oxygens (including phenoxy) is 3. The summed E-state index contributed by atoms with van der Waals surface area (Å²) in [4.78, 5) is 25.7. The van der Waals surface area contributed by atoms with Crippen LogP contribution in [0.2, 0.25) is 0 Å². The van der Waals surface area contributed by atoms with Crippen molar-refractivity contribution in [1.82, 2.24) is 25.1 Å². The Morgan fingerprint density at radius 2 is 1.81 bits per heavy atom. The van der Waals surface area contributed by atoms with Gasteiger partial charge in [-0.25, -0.2) is 9.97 Å². The Hall–Kier alpha value is -4.37. The number of carbonyl (C=O) groups excluding carboxylic acids is 1. The fraction of sp³-hybridized carbons (Fsp3) is 0.400. The lowest BCUT2D eigenvalue weighted by Crippen LogP contribution is -2.57. The maximum absolute atomic E-state index is 12.7. The van der Waals surface area contributed by atoms with Gasteiger partial charge in [0, 0.05) is 37.3 Å². The smallest absolute Gasteiger partial charge is 0.277 e. The Morgan fingerprint density at radius 3 is 2.41 bits per heavy atom. The van der Waals surface area contributed by atoms with Crippen LogP contribution in [0.3, 0.4) is 0 Å². The molecule has 0 bridgehead atoms. The van der Waals surface area contributed by atoms with Crippen molar-refractivity contribution in [2.45, 2.75) is 32.5 Å². The van der Waals surface area contributed by atoms with Crippen LogP contribution in [0.5, 0.6) is 17.4 Å².